The number of nitrogens with one attached hydrogen (secondary N) is 1. The summed E-state index contributed by atoms with van der Waals surface area (Å²) in [7, 11) is 1.83. The van der Waals surface area contributed by atoms with Gasteiger partial charge in [0.2, 0.25) is 5.95 Å². The van der Waals surface area contributed by atoms with Crippen LogP contribution in [0.5, 0.6) is 0 Å². The van der Waals surface area contributed by atoms with Crippen LogP contribution < -0.4 is 11.1 Å². The van der Waals surface area contributed by atoms with Crippen LogP contribution in [-0.4, -0.2) is 32.8 Å². The van der Waals surface area contributed by atoms with Crippen LogP contribution >= 0.6 is 0 Å². The summed E-state index contributed by atoms with van der Waals surface area (Å²) in [6.45, 7) is 0.636. The molecule has 3 N–H and O–H groups in total. The van der Waals surface area contributed by atoms with Crippen molar-refractivity contribution < 1.29 is 0 Å². The second-order valence-corrected chi connectivity index (χ2v) is 4.51. The van der Waals surface area contributed by atoms with E-state index in [2.05, 4.69) is 20.8 Å². The van der Waals surface area contributed by atoms with Crippen molar-refractivity contribution in [3.05, 3.63) is 0 Å². The lowest BCUT2D eigenvalue weighted by Gasteiger charge is -2.29. The standard InChI is InChI=1S/C10H20N6/c1-16-10(13-14-15-16)12-9(7-11)8-5-3-2-4-6-8/h8-9H,2-7,11H2,1H3,(H,12,13,15). The van der Waals surface area contributed by atoms with E-state index in [1.807, 2.05) is 7.05 Å². The molecule has 1 fully saturated rings. The maximum atomic E-state index is 5.83. The molecule has 0 bridgehead atoms. The molecular weight excluding hydrogens is 204 g/mol. The summed E-state index contributed by atoms with van der Waals surface area (Å²) in [5, 5.41) is 14.7. The average Bonchev–Trinajstić information content (AvgIpc) is 2.73. The summed E-state index contributed by atoms with van der Waals surface area (Å²) in [6, 6.07) is 0.296. The SMILES string of the molecule is Cn1nnnc1NC(CN)C1CCCCC1. The fourth-order valence-electron chi connectivity index (χ4n) is 2.42. The highest BCUT2D eigenvalue weighted by Crippen LogP contribution is 2.27. The fourth-order valence-corrected chi connectivity index (χ4v) is 2.42. The van der Waals surface area contributed by atoms with Gasteiger partial charge in [-0.3, -0.25) is 0 Å². The molecule has 1 aliphatic carbocycles. The van der Waals surface area contributed by atoms with Gasteiger partial charge in [0.1, 0.15) is 0 Å². The Balaban J connectivity index is 1.97. The van der Waals surface area contributed by atoms with Crippen molar-refractivity contribution in [3.63, 3.8) is 0 Å². The molecule has 1 unspecified atom stereocenters. The number of hydrogen-bond donors (Lipinski definition) is 2. The summed E-state index contributed by atoms with van der Waals surface area (Å²) in [4.78, 5) is 0. The molecule has 0 radical (unpaired) electrons. The predicted octanol–water partition coefficient (Wildman–Crippen LogP) is 0.530. The molecule has 1 aromatic heterocycles. The first-order chi connectivity index (χ1) is 7.81. The number of nitrogens with two attached hydrogens (primary N) is 1. The normalized spacial score (nSPS) is 19.6. The highest BCUT2D eigenvalue weighted by atomic mass is 15.6. The molecule has 1 aromatic rings. The van der Waals surface area contributed by atoms with Crippen LogP contribution in [0.2, 0.25) is 0 Å². The first-order valence-electron chi connectivity index (χ1n) is 6.00. The molecule has 1 atom stereocenters. The highest BCUT2D eigenvalue weighted by molar-refractivity contribution is 5.24. The molecule has 2 rings (SSSR count). The van der Waals surface area contributed by atoms with Gasteiger partial charge in [0, 0.05) is 19.6 Å². The second-order valence-electron chi connectivity index (χ2n) is 4.51. The fraction of sp³-hybridized carbons (Fsp3) is 0.900. The van der Waals surface area contributed by atoms with Crippen LogP contribution in [0.3, 0.4) is 0 Å². The molecule has 1 saturated carbocycles. The van der Waals surface area contributed by atoms with E-state index in [0.29, 0.717) is 24.5 Å². The Kier molecular flexibility index (Phi) is 3.71. The number of nitrogens with zero attached hydrogens (tertiary/aromatic N) is 4. The van der Waals surface area contributed by atoms with Gasteiger partial charge in [-0.25, -0.2) is 4.68 Å². The van der Waals surface area contributed by atoms with E-state index in [1.54, 1.807) is 4.68 Å². The number of rotatable bonds is 4. The minimum atomic E-state index is 0.296. The van der Waals surface area contributed by atoms with Crippen molar-refractivity contribution in [2.24, 2.45) is 18.7 Å². The van der Waals surface area contributed by atoms with E-state index in [0.717, 1.165) is 0 Å². The van der Waals surface area contributed by atoms with Crippen molar-refractivity contribution in [1.29, 1.82) is 0 Å². The minimum absolute atomic E-state index is 0.296. The van der Waals surface area contributed by atoms with E-state index < -0.39 is 0 Å². The quantitative estimate of drug-likeness (QED) is 0.779. The lowest BCUT2D eigenvalue weighted by Crippen LogP contribution is -2.38. The van der Waals surface area contributed by atoms with Crippen LogP contribution in [0.25, 0.3) is 0 Å². The molecule has 1 heterocycles. The average molecular weight is 224 g/mol. The van der Waals surface area contributed by atoms with E-state index in [-0.39, 0.29) is 0 Å². The third-order valence-corrected chi connectivity index (χ3v) is 3.41. The minimum Gasteiger partial charge on any atom is -0.349 e. The molecule has 0 saturated heterocycles. The topological polar surface area (TPSA) is 81.7 Å². The maximum Gasteiger partial charge on any atom is 0.242 e. The summed E-state index contributed by atoms with van der Waals surface area (Å²) >= 11 is 0. The molecule has 6 nitrogen and oxygen atoms in total. The lowest BCUT2D eigenvalue weighted by atomic mass is 9.84. The van der Waals surface area contributed by atoms with Crippen molar-refractivity contribution in [2.75, 3.05) is 11.9 Å². The van der Waals surface area contributed by atoms with Crippen LogP contribution in [0.4, 0.5) is 5.95 Å². The molecular formula is C10H20N6. The Morgan fingerprint density at radius 3 is 2.75 bits per heavy atom. The molecule has 0 aromatic carbocycles. The molecule has 1 aliphatic rings. The van der Waals surface area contributed by atoms with Gasteiger partial charge in [-0.2, -0.15) is 0 Å². The summed E-state index contributed by atoms with van der Waals surface area (Å²) in [5.41, 5.74) is 5.83. The first kappa shape index (κ1) is 11.3. The molecule has 16 heavy (non-hydrogen) atoms. The second kappa shape index (κ2) is 5.25. The number of aromatic nitrogens is 4. The molecule has 0 spiro atoms. The molecule has 6 heteroatoms. The Morgan fingerprint density at radius 1 is 1.44 bits per heavy atom. The van der Waals surface area contributed by atoms with Gasteiger partial charge >= 0.3 is 0 Å². The zero-order chi connectivity index (χ0) is 11.4. The molecule has 0 aliphatic heterocycles. The third kappa shape index (κ3) is 2.49. The Morgan fingerprint density at radius 2 is 2.19 bits per heavy atom. The summed E-state index contributed by atoms with van der Waals surface area (Å²) in [6.07, 6.45) is 6.53. The molecule has 0 amide bonds. The summed E-state index contributed by atoms with van der Waals surface area (Å²) in [5.74, 6) is 1.37. The number of hydrogen-bond acceptors (Lipinski definition) is 5. The molecule has 90 valence electrons. The third-order valence-electron chi connectivity index (χ3n) is 3.41. The van der Waals surface area contributed by atoms with E-state index in [9.17, 15) is 0 Å². The van der Waals surface area contributed by atoms with Gasteiger partial charge in [0.15, 0.2) is 0 Å². The first-order valence-corrected chi connectivity index (χ1v) is 6.00. The van der Waals surface area contributed by atoms with Crippen LogP contribution in [0.1, 0.15) is 32.1 Å². The predicted molar refractivity (Wildman–Crippen MR) is 61.8 cm³/mol. The number of anilines is 1. The number of aryl methyl sites for hydroxylation is 1. The largest absolute Gasteiger partial charge is 0.349 e. The van der Waals surface area contributed by atoms with E-state index >= 15 is 0 Å². The highest BCUT2D eigenvalue weighted by Gasteiger charge is 2.23. The van der Waals surface area contributed by atoms with Crippen LogP contribution in [0.15, 0.2) is 0 Å². The smallest absolute Gasteiger partial charge is 0.242 e. The number of tetrazole rings is 1. The Bertz CT molecular complexity index is 317. The van der Waals surface area contributed by atoms with E-state index in [1.165, 1.54) is 32.1 Å². The van der Waals surface area contributed by atoms with Gasteiger partial charge in [-0.05, 0) is 29.2 Å². The van der Waals surface area contributed by atoms with Gasteiger partial charge in [0.25, 0.3) is 0 Å². The van der Waals surface area contributed by atoms with Crippen LogP contribution in [-0.2, 0) is 7.05 Å². The van der Waals surface area contributed by atoms with E-state index in [4.69, 9.17) is 5.73 Å². The van der Waals surface area contributed by atoms with Crippen molar-refractivity contribution in [2.45, 2.75) is 38.1 Å². The van der Waals surface area contributed by atoms with Gasteiger partial charge < -0.3 is 11.1 Å². The van der Waals surface area contributed by atoms with Crippen molar-refractivity contribution in [1.82, 2.24) is 20.2 Å². The Hall–Kier alpha value is -1.17. The lowest BCUT2D eigenvalue weighted by molar-refractivity contribution is 0.319. The maximum absolute atomic E-state index is 5.83. The van der Waals surface area contributed by atoms with Crippen LogP contribution in [0, 0.1) is 5.92 Å². The monoisotopic (exact) mass is 224 g/mol. The van der Waals surface area contributed by atoms with Crippen molar-refractivity contribution in [3.8, 4) is 0 Å². The zero-order valence-electron chi connectivity index (χ0n) is 9.76. The van der Waals surface area contributed by atoms with Gasteiger partial charge in [-0.1, -0.05) is 24.4 Å². The van der Waals surface area contributed by atoms with Crippen molar-refractivity contribution >= 4 is 5.95 Å². The zero-order valence-corrected chi connectivity index (χ0v) is 9.76. The van der Waals surface area contributed by atoms with Gasteiger partial charge in [-0.15, -0.1) is 0 Å². The Labute approximate surface area is 95.6 Å². The summed E-state index contributed by atoms with van der Waals surface area (Å²) < 4.78 is 1.64. The van der Waals surface area contributed by atoms with Gasteiger partial charge in [0.05, 0.1) is 0 Å².